The highest BCUT2D eigenvalue weighted by Gasteiger charge is 2.37. The second kappa shape index (κ2) is 8.72. The van der Waals surface area contributed by atoms with E-state index < -0.39 is 28.1 Å². The fraction of sp³-hybridized carbons (Fsp3) is 0.571. The van der Waals surface area contributed by atoms with Gasteiger partial charge in [0, 0.05) is 19.6 Å². The lowest BCUT2D eigenvalue weighted by Gasteiger charge is -2.22. The molecule has 1 unspecified atom stereocenters. The molecule has 1 aromatic heterocycles. The van der Waals surface area contributed by atoms with E-state index in [1.165, 1.54) is 10.4 Å². The van der Waals surface area contributed by atoms with Gasteiger partial charge in [-0.05, 0) is 25.5 Å². The van der Waals surface area contributed by atoms with Gasteiger partial charge >= 0.3 is 11.8 Å². The zero-order valence-electron chi connectivity index (χ0n) is 14.1. The Labute approximate surface area is 151 Å². The Morgan fingerprint density at radius 3 is 2.72 bits per heavy atom. The molecule has 2 N–H and O–H groups in total. The number of rotatable bonds is 7. The number of sulfonamides is 1. The maximum Gasteiger partial charge on any atom is 0.309 e. The van der Waals surface area contributed by atoms with Gasteiger partial charge < -0.3 is 20.3 Å². The number of hydrogen-bond donors (Lipinski definition) is 2. The smallest absolute Gasteiger partial charge is 0.309 e. The van der Waals surface area contributed by atoms with Gasteiger partial charge in [-0.1, -0.05) is 6.07 Å². The number of likely N-dealkylation sites (N-methyl/N-ethyl adjacent to an activating group) is 1. The van der Waals surface area contributed by atoms with Crippen LogP contribution in [0.3, 0.4) is 0 Å². The van der Waals surface area contributed by atoms with E-state index in [-0.39, 0.29) is 23.9 Å². The van der Waals surface area contributed by atoms with Gasteiger partial charge in [-0.2, -0.15) is 4.31 Å². The SMILES string of the molecule is CN(C)CCNC(=O)C(=O)NCC1OCCN1S(=O)(=O)c1cccs1. The molecule has 25 heavy (non-hydrogen) atoms. The van der Waals surface area contributed by atoms with E-state index in [1.54, 1.807) is 11.4 Å². The summed E-state index contributed by atoms with van der Waals surface area (Å²) in [4.78, 5) is 25.4. The molecule has 1 aromatic rings. The summed E-state index contributed by atoms with van der Waals surface area (Å²) >= 11 is 1.12. The topological polar surface area (TPSA) is 108 Å². The maximum atomic E-state index is 12.5. The largest absolute Gasteiger partial charge is 0.359 e. The quantitative estimate of drug-likeness (QED) is 0.572. The minimum absolute atomic E-state index is 0.0927. The van der Waals surface area contributed by atoms with Gasteiger partial charge in [0.05, 0.1) is 13.2 Å². The normalized spacial score (nSPS) is 18.4. The number of hydrogen-bond acceptors (Lipinski definition) is 7. The first-order chi connectivity index (χ1) is 11.8. The summed E-state index contributed by atoms with van der Waals surface area (Å²) in [6, 6.07) is 3.18. The van der Waals surface area contributed by atoms with E-state index in [1.807, 2.05) is 19.0 Å². The third-order valence-corrected chi connectivity index (χ3v) is 6.75. The fourth-order valence-corrected chi connectivity index (χ4v) is 4.83. The van der Waals surface area contributed by atoms with E-state index in [4.69, 9.17) is 4.74 Å². The third kappa shape index (κ3) is 5.22. The molecule has 11 heteroatoms. The molecule has 9 nitrogen and oxygen atoms in total. The Morgan fingerprint density at radius 1 is 1.36 bits per heavy atom. The summed E-state index contributed by atoms with van der Waals surface area (Å²) in [6.07, 6.45) is -0.828. The van der Waals surface area contributed by atoms with Crippen LogP contribution < -0.4 is 10.6 Å². The molecule has 2 amide bonds. The molecular formula is C14H22N4O5S2. The Balaban J connectivity index is 1.87. The highest BCUT2D eigenvalue weighted by Crippen LogP contribution is 2.25. The number of ether oxygens (including phenoxy) is 1. The van der Waals surface area contributed by atoms with Gasteiger partial charge in [-0.25, -0.2) is 8.42 Å². The van der Waals surface area contributed by atoms with Crippen molar-refractivity contribution in [3.8, 4) is 0 Å². The number of amides is 2. The summed E-state index contributed by atoms with van der Waals surface area (Å²) < 4.78 is 31.9. The molecule has 1 saturated heterocycles. The molecule has 1 atom stereocenters. The van der Waals surface area contributed by atoms with Crippen molar-refractivity contribution in [1.29, 1.82) is 0 Å². The van der Waals surface area contributed by atoms with Gasteiger partial charge in [-0.3, -0.25) is 9.59 Å². The van der Waals surface area contributed by atoms with Crippen molar-refractivity contribution in [2.24, 2.45) is 0 Å². The molecule has 1 fully saturated rings. The van der Waals surface area contributed by atoms with Crippen LogP contribution in [-0.2, 0) is 24.3 Å². The molecule has 1 aliphatic heterocycles. The van der Waals surface area contributed by atoms with E-state index >= 15 is 0 Å². The average Bonchev–Trinajstić information content (AvgIpc) is 3.23. The van der Waals surface area contributed by atoms with Crippen LogP contribution in [0.5, 0.6) is 0 Å². The highest BCUT2D eigenvalue weighted by molar-refractivity contribution is 7.91. The predicted molar refractivity (Wildman–Crippen MR) is 92.5 cm³/mol. The van der Waals surface area contributed by atoms with Gasteiger partial charge in [0.25, 0.3) is 10.0 Å². The summed E-state index contributed by atoms with van der Waals surface area (Å²) in [5.41, 5.74) is 0. The van der Waals surface area contributed by atoms with Crippen LogP contribution >= 0.6 is 11.3 Å². The predicted octanol–water partition coefficient (Wildman–Crippen LogP) is -1.11. The first-order valence-electron chi connectivity index (χ1n) is 7.70. The first-order valence-corrected chi connectivity index (χ1v) is 10.0. The number of carbonyl (C=O) groups is 2. The average molecular weight is 390 g/mol. The zero-order chi connectivity index (χ0) is 18.4. The second-order valence-corrected chi connectivity index (χ2v) is 8.71. The Bertz CT molecular complexity index is 690. The van der Waals surface area contributed by atoms with Crippen molar-refractivity contribution in [3.05, 3.63) is 17.5 Å². The van der Waals surface area contributed by atoms with Crippen molar-refractivity contribution in [2.45, 2.75) is 10.4 Å². The lowest BCUT2D eigenvalue weighted by Crippen LogP contribution is -2.48. The summed E-state index contributed by atoms with van der Waals surface area (Å²) in [7, 11) is 0.0400. The Morgan fingerprint density at radius 2 is 2.08 bits per heavy atom. The third-order valence-electron chi connectivity index (χ3n) is 3.49. The summed E-state index contributed by atoms with van der Waals surface area (Å²) in [5.74, 6) is -1.57. The van der Waals surface area contributed by atoms with E-state index in [0.717, 1.165) is 11.3 Å². The van der Waals surface area contributed by atoms with Crippen molar-refractivity contribution in [2.75, 3.05) is 46.9 Å². The zero-order valence-corrected chi connectivity index (χ0v) is 15.7. The Kier molecular flexibility index (Phi) is 6.90. The second-order valence-electron chi connectivity index (χ2n) is 5.64. The molecule has 0 aliphatic carbocycles. The molecule has 2 rings (SSSR count). The molecule has 1 aliphatic rings. The molecule has 0 bridgehead atoms. The number of thiophene rings is 1. The molecule has 2 heterocycles. The van der Waals surface area contributed by atoms with Crippen LogP contribution in [0, 0.1) is 0 Å². The van der Waals surface area contributed by atoms with Gasteiger partial charge in [0.1, 0.15) is 10.4 Å². The van der Waals surface area contributed by atoms with E-state index in [0.29, 0.717) is 13.1 Å². The van der Waals surface area contributed by atoms with Crippen molar-refractivity contribution in [1.82, 2.24) is 19.8 Å². The van der Waals surface area contributed by atoms with Gasteiger partial charge in [0.2, 0.25) is 0 Å². The van der Waals surface area contributed by atoms with Crippen LogP contribution in [-0.4, -0.2) is 82.5 Å². The van der Waals surface area contributed by atoms with Crippen LogP contribution in [0.15, 0.2) is 21.7 Å². The lowest BCUT2D eigenvalue weighted by atomic mass is 10.4. The molecule has 0 aromatic carbocycles. The summed E-state index contributed by atoms with van der Waals surface area (Å²) in [5, 5.41) is 6.59. The molecule has 0 radical (unpaired) electrons. The molecule has 0 spiro atoms. The number of carbonyl (C=O) groups excluding carboxylic acids is 2. The van der Waals surface area contributed by atoms with Gasteiger partial charge in [0.15, 0.2) is 0 Å². The molecule has 0 saturated carbocycles. The lowest BCUT2D eigenvalue weighted by molar-refractivity contribution is -0.139. The maximum absolute atomic E-state index is 12.5. The fourth-order valence-electron chi connectivity index (χ4n) is 2.20. The standard InChI is InChI=1S/C14H22N4O5S2/c1-17(2)6-5-15-13(19)14(20)16-10-11-18(7-8-23-11)25(21,22)12-4-3-9-24-12/h3-4,9,11H,5-8,10H2,1-2H3,(H,15,19)(H,16,20). The number of nitrogens with zero attached hydrogens (tertiary/aromatic N) is 2. The Hall–Kier alpha value is -1.53. The van der Waals surface area contributed by atoms with Crippen molar-refractivity contribution >= 4 is 33.2 Å². The minimum atomic E-state index is -3.67. The van der Waals surface area contributed by atoms with Crippen LogP contribution in [0.2, 0.25) is 0 Å². The van der Waals surface area contributed by atoms with E-state index in [9.17, 15) is 18.0 Å². The first kappa shape index (κ1) is 19.8. The molecule has 140 valence electrons. The summed E-state index contributed by atoms with van der Waals surface area (Å²) in [6.45, 7) is 1.30. The van der Waals surface area contributed by atoms with Crippen molar-refractivity contribution in [3.63, 3.8) is 0 Å². The van der Waals surface area contributed by atoms with Crippen LogP contribution in [0.1, 0.15) is 0 Å². The monoisotopic (exact) mass is 390 g/mol. The number of nitrogens with one attached hydrogen (secondary N) is 2. The van der Waals surface area contributed by atoms with Gasteiger partial charge in [-0.15, -0.1) is 11.3 Å². The minimum Gasteiger partial charge on any atom is -0.359 e. The highest BCUT2D eigenvalue weighted by atomic mass is 32.2. The van der Waals surface area contributed by atoms with Crippen molar-refractivity contribution < 1.29 is 22.7 Å². The molecular weight excluding hydrogens is 368 g/mol. The van der Waals surface area contributed by atoms with E-state index in [2.05, 4.69) is 10.6 Å². The van der Waals surface area contributed by atoms with Crippen LogP contribution in [0.25, 0.3) is 0 Å². The van der Waals surface area contributed by atoms with Crippen LogP contribution in [0.4, 0.5) is 0 Å².